The Morgan fingerprint density at radius 3 is 2.47 bits per heavy atom. The molecule has 0 aliphatic carbocycles. The zero-order valence-electron chi connectivity index (χ0n) is 16.8. The molecule has 30 heavy (non-hydrogen) atoms. The lowest BCUT2D eigenvalue weighted by Crippen LogP contribution is -2.44. The maximum absolute atomic E-state index is 13.8. The second-order valence-corrected chi connectivity index (χ2v) is 10.4. The van der Waals surface area contributed by atoms with Gasteiger partial charge in [-0.2, -0.15) is 0 Å². The van der Waals surface area contributed by atoms with Crippen LogP contribution in [0.15, 0.2) is 51.8 Å². The van der Waals surface area contributed by atoms with Gasteiger partial charge in [-0.15, -0.1) is 0 Å². The van der Waals surface area contributed by atoms with Gasteiger partial charge in [-0.3, -0.25) is 4.90 Å². The monoisotopic (exact) mass is 511 g/mol. The average Bonchev–Trinajstić information content (AvgIpc) is 3.01. The number of hydrogen-bond donors (Lipinski definition) is 0. The minimum absolute atomic E-state index is 0.203. The maximum atomic E-state index is 13.8. The van der Waals surface area contributed by atoms with Crippen molar-refractivity contribution in [2.24, 2.45) is 0 Å². The highest BCUT2D eigenvalue weighted by molar-refractivity contribution is 9.10. The molecule has 1 aliphatic rings. The Kier molecular flexibility index (Phi) is 6.14. The van der Waals surface area contributed by atoms with Gasteiger partial charge in [0, 0.05) is 42.6 Å². The molecule has 9 heteroatoms. The molecule has 0 atom stereocenters. The van der Waals surface area contributed by atoms with Crippen LogP contribution in [0.2, 0.25) is 5.02 Å². The number of aromatic nitrogens is 1. The van der Waals surface area contributed by atoms with Crippen LogP contribution in [0.5, 0.6) is 5.75 Å². The van der Waals surface area contributed by atoms with E-state index in [1.807, 2.05) is 0 Å². The molecule has 2 aromatic carbocycles. The van der Waals surface area contributed by atoms with Crippen molar-refractivity contribution in [1.29, 1.82) is 0 Å². The van der Waals surface area contributed by atoms with Crippen molar-refractivity contribution in [3.63, 3.8) is 0 Å². The molecule has 0 amide bonds. The highest BCUT2D eigenvalue weighted by Gasteiger charge is 2.29. The summed E-state index contributed by atoms with van der Waals surface area (Å²) in [4.78, 5) is 4.70. The van der Waals surface area contributed by atoms with Crippen molar-refractivity contribution in [2.75, 3.05) is 40.3 Å². The normalized spacial score (nSPS) is 16.3. The summed E-state index contributed by atoms with van der Waals surface area (Å²) in [7, 11) is -0.213. The molecule has 0 spiro atoms. The molecule has 1 fully saturated rings. The second kappa shape index (κ2) is 8.51. The van der Waals surface area contributed by atoms with Crippen molar-refractivity contribution in [2.45, 2.75) is 11.4 Å². The molecule has 0 bridgehead atoms. The third kappa shape index (κ3) is 3.87. The van der Waals surface area contributed by atoms with Crippen LogP contribution >= 0.6 is 27.5 Å². The third-order valence-electron chi connectivity index (χ3n) is 5.48. The molecule has 0 radical (unpaired) electrons. The minimum atomic E-state index is -3.88. The summed E-state index contributed by atoms with van der Waals surface area (Å²) in [5, 5.41) is 1.11. The molecule has 3 aromatic rings. The summed E-state index contributed by atoms with van der Waals surface area (Å²) in [5.74, 6) is 0.631. The van der Waals surface area contributed by atoms with Crippen LogP contribution in [0, 0.1) is 0 Å². The number of likely N-dealkylation sites (N-methyl/N-ethyl adjacent to an activating group) is 1. The van der Waals surface area contributed by atoms with Crippen molar-refractivity contribution < 1.29 is 13.2 Å². The number of rotatable bonds is 5. The number of hydrogen-bond acceptors (Lipinski definition) is 5. The smallest absolute Gasteiger partial charge is 0.269 e. The molecule has 160 valence electrons. The van der Waals surface area contributed by atoms with Gasteiger partial charge in [0.25, 0.3) is 10.0 Å². The molecule has 1 aliphatic heterocycles. The SMILES string of the molecule is COc1ccc2c(c1)c(Cl)c(CN1CCN(C)CC1)n2S(=O)(=O)c1ccccc1Br. The first kappa shape index (κ1) is 21.6. The van der Waals surface area contributed by atoms with E-state index in [1.54, 1.807) is 49.6 Å². The van der Waals surface area contributed by atoms with E-state index in [1.165, 1.54) is 3.97 Å². The van der Waals surface area contributed by atoms with Gasteiger partial charge in [0.1, 0.15) is 10.6 Å². The Labute approximate surface area is 190 Å². The van der Waals surface area contributed by atoms with Gasteiger partial charge in [-0.05, 0) is 53.3 Å². The van der Waals surface area contributed by atoms with Gasteiger partial charge in [0.05, 0.1) is 23.3 Å². The summed E-state index contributed by atoms with van der Waals surface area (Å²) in [6.07, 6.45) is 0. The zero-order valence-corrected chi connectivity index (χ0v) is 20.0. The van der Waals surface area contributed by atoms with E-state index in [2.05, 4.69) is 32.8 Å². The van der Waals surface area contributed by atoms with Crippen LogP contribution in [0.1, 0.15) is 5.69 Å². The Morgan fingerprint density at radius 1 is 1.10 bits per heavy atom. The summed E-state index contributed by atoms with van der Waals surface area (Å²) in [6.45, 7) is 4.03. The van der Waals surface area contributed by atoms with E-state index in [4.69, 9.17) is 16.3 Å². The van der Waals surface area contributed by atoms with Gasteiger partial charge in [0.15, 0.2) is 0 Å². The van der Waals surface area contributed by atoms with Crippen LogP contribution in [0.25, 0.3) is 10.9 Å². The van der Waals surface area contributed by atoms with Crippen LogP contribution in [-0.2, 0) is 16.6 Å². The molecular formula is C21H23BrClN3O3S. The van der Waals surface area contributed by atoms with Gasteiger partial charge in [0.2, 0.25) is 0 Å². The third-order valence-corrected chi connectivity index (χ3v) is 8.67. The van der Waals surface area contributed by atoms with Gasteiger partial charge >= 0.3 is 0 Å². The fourth-order valence-corrected chi connectivity index (χ4v) is 6.63. The molecule has 1 aromatic heterocycles. The second-order valence-electron chi connectivity index (χ2n) is 7.42. The predicted octanol–water partition coefficient (Wildman–Crippen LogP) is 4.05. The number of nitrogens with zero attached hydrogens (tertiary/aromatic N) is 3. The molecular weight excluding hydrogens is 490 g/mol. The van der Waals surface area contributed by atoms with Crippen molar-refractivity contribution in [3.05, 3.63) is 57.7 Å². The highest BCUT2D eigenvalue weighted by atomic mass is 79.9. The van der Waals surface area contributed by atoms with E-state index in [-0.39, 0.29) is 4.90 Å². The lowest BCUT2D eigenvalue weighted by molar-refractivity contribution is 0.147. The number of benzene rings is 2. The Bertz CT molecular complexity index is 1190. The number of halogens is 2. The molecule has 4 rings (SSSR count). The van der Waals surface area contributed by atoms with Crippen LogP contribution in [0.3, 0.4) is 0 Å². The fourth-order valence-electron chi connectivity index (χ4n) is 3.76. The molecule has 1 saturated heterocycles. The van der Waals surface area contributed by atoms with Crippen molar-refractivity contribution in [3.8, 4) is 5.75 Å². The number of ether oxygens (including phenoxy) is 1. The lowest BCUT2D eigenvalue weighted by atomic mass is 10.2. The fraction of sp³-hybridized carbons (Fsp3) is 0.333. The van der Waals surface area contributed by atoms with E-state index < -0.39 is 10.0 Å². The number of methoxy groups -OCH3 is 1. The number of piperazine rings is 1. The summed E-state index contributed by atoms with van der Waals surface area (Å²) >= 11 is 10.2. The standard InChI is InChI=1S/C21H23BrClN3O3S/c1-24-9-11-25(12-10-24)14-19-21(23)16-13-15(29-2)7-8-18(16)26(19)30(27,28)20-6-4-3-5-17(20)22/h3-8,13H,9-12,14H2,1-2H3. The maximum Gasteiger partial charge on any atom is 0.269 e. The van der Waals surface area contributed by atoms with Crippen molar-refractivity contribution in [1.82, 2.24) is 13.8 Å². The van der Waals surface area contributed by atoms with Gasteiger partial charge in [-0.25, -0.2) is 12.4 Å². The van der Waals surface area contributed by atoms with Crippen LogP contribution < -0.4 is 4.74 Å². The molecule has 0 N–H and O–H groups in total. The minimum Gasteiger partial charge on any atom is -0.497 e. The number of fused-ring (bicyclic) bond motifs is 1. The van der Waals surface area contributed by atoms with E-state index in [0.717, 1.165) is 26.2 Å². The Balaban J connectivity index is 1.91. The topological polar surface area (TPSA) is 54.8 Å². The predicted molar refractivity (Wildman–Crippen MR) is 123 cm³/mol. The van der Waals surface area contributed by atoms with Crippen LogP contribution in [-0.4, -0.2) is 62.5 Å². The molecule has 6 nitrogen and oxygen atoms in total. The lowest BCUT2D eigenvalue weighted by Gasteiger charge is -2.32. The largest absolute Gasteiger partial charge is 0.497 e. The first-order valence-corrected chi connectivity index (χ1v) is 12.2. The molecule has 0 unspecified atom stereocenters. The van der Waals surface area contributed by atoms with Gasteiger partial charge < -0.3 is 9.64 Å². The first-order chi connectivity index (χ1) is 14.3. The molecule has 0 saturated carbocycles. The quantitative estimate of drug-likeness (QED) is 0.516. The summed E-state index contributed by atoms with van der Waals surface area (Å²) in [6, 6.07) is 12.1. The summed E-state index contributed by atoms with van der Waals surface area (Å²) < 4.78 is 34.8. The van der Waals surface area contributed by atoms with E-state index in [0.29, 0.717) is 38.4 Å². The summed E-state index contributed by atoms with van der Waals surface area (Å²) in [5.41, 5.74) is 1.11. The van der Waals surface area contributed by atoms with Crippen LogP contribution in [0.4, 0.5) is 0 Å². The van der Waals surface area contributed by atoms with E-state index >= 15 is 0 Å². The van der Waals surface area contributed by atoms with Gasteiger partial charge in [-0.1, -0.05) is 23.7 Å². The zero-order chi connectivity index (χ0) is 21.5. The average molecular weight is 513 g/mol. The van der Waals surface area contributed by atoms with Crippen molar-refractivity contribution >= 4 is 48.5 Å². The Morgan fingerprint density at radius 2 is 1.80 bits per heavy atom. The first-order valence-electron chi connectivity index (χ1n) is 9.60. The highest BCUT2D eigenvalue weighted by Crippen LogP contribution is 2.37. The molecule has 2 heterocycles. The van der Waals surface area contributed by atoms with E-state index in [9.17, 15) is 8.42 Å². The Hall–Kier alpha value is -1.58.